The molecule has 0 atom stereocenters. The first-order valence-electron chi connectivity index (χ1n) is 6.29. The van der Waals surface area contributed by atoms with Gasteiger partial charge in [-0.15, -0.1) is 0 Å². The van der Waals surface area contributed by atoms with Gasteiger partial charge >= 0.3 is 0 Å². The number of oxime groups is 1. The van der Waals surface area contributed by atoms with Crippen molar-refractivity contribution in [1.82, 2.24) is 9.46 Å². The van der Waals surface area contributed by atoms with Gasteiger partial charge in [0.1, 0.15) is 16.4 Å². The highest BCUT2D eigenvalue weighted by Crippen LogP contribution is 2.34. The monoisotopic (exact) mass is 302 g/mol. The van der Waals surface area contributed by atoms with Crippen LogP contribution in [0.5, 0.6) is 0 Å². The van der Waals surface area contributed by atoms with E-state index >= 15 is 0 Å². The van der Waals surface area contributed by atoms with E-state index in [1.807, 2.05) is 0 Å². The molecular weight excluding hydrogens is 284 g/mol. The van der Waals surface area contributed by atoms with Crippen molar-refractivity contribution >= 4 is 15.9 Å². The minimum atomic E-state index is -3.67. The zero-order valence-corrected chi connectivity index (χ0v) is 12.2. The van der Waals surface area contributed by atoms with Crippen molar-refractivity contribution in [2.24, 2.45) is 10.9 Å². The fraction of sp³-hybridized carbons (Fsp3) is 0.636. The van der Waals surface area contributed by atoms with Crippen molar-refractivity contribution in [3.63, 3.8) is 0 Å². The first-order valence-corrected chi connectivity index (χ1v) is 7.73. The highest BCUT2D eigenvalue weighted by Gasteiger charge is 2.40. The summed E-state index contributed by atoms with van der Waals surface area (Å²) in [6.45, 7) is 3.34. The van der Waals surface area contributed by atoms with Crippen LogP contribution in [0, 0.1) is 13.8 Å². The second kappa shape index (κ2) is 5.41. The van der Waals surface area contributed by atoms with Crippen LogP contribution >= 0.6 is 0 Å². The van der Waals surface area contributed by atoms with Gasteiger partial charge in [-0.25, -0.2) is 8.42 Å². The molecule has 1 fully saturated rings. The Morgan fingerprint density at radius 1 is 1.55 bits per heavy atom. The molecule has 20 heavy (non-hydrogen) atoms. The van der Waals surface area contributed by atoms with E-state index in [0.717, 1.165) is 12.8 Å². The van der Waals surface area contributed by atoms with Crippen LogP contribution in [0.4, 0.5) is 0 Å². The third kappa shape index (κ3) is 2.78. The summed E-state index contributed by atoms with van der Waals surface area (Å²) < 4.78 is 31.7. The van der Waals surface area contributed by atoms with Gasteiger partial charge in [-0.05, 0) is 26.7 Å². The van der Waals surface area contributed by atoms with E-state index in [2.05, 4.69) is 10.3 Å². The molecule has 3 N–H and O–H groups in total. The van der Waals surface area contributed by atoms with Crippen molar-refractivity contribution in [3.05, 3.63) is 11.5 Å². The first kappa shape index (κ1) is 14.8. The standard InChI is InChI=1S/C11H18N4O4S/c1-7-11(8(2)19-14-7)20(17,18)15(9-3-4-9)6-5-10(12)13-16/h9,16H,3-6H2,1-2H3,(H2,12,13). The quantitative estimate of drug-likeness (QED) is 0.343. The fourth-order valence-corrected chi connectivity index (χ4v) is 4.08. The van der Waals surface area contributed by atoms with E-state index in [0.29, 0.717) is 5.69 Å². The molecule has 1 aromatic heterocycles. The van der Waals surface area contributed by atoms with Gasteiger partial charge in [0.15, 0.2) is 5.76 Å². The second-order valence-corrected chi connectivity index (χ2v) is 6.67. The summed E-state index contributed by atoms with van der Waals surface area (Å²) in [5, 5.41) is 15.1. The Kier molecular flexibility index (Phi) is 4.00. The minimum Gasteiger partial charge on any atom is -0.409 e. The zero-order chi connectivity index (χ0) is 14.9. The molecule has 0 aromatic carbocycles. The van der Waals surface area contributed by atoms with Gasteiger partial charge < -0.3 is 15.5 Å². The predicted molar refractivity (Wildman–Crippen MR) is 70.9 cm³/mol. The lowest BCUT2D eigenvalue weighted by Crippen LogP contribution is -2.36. The largest absolute Gasteiger partial charge is 0.409 e. The minimum absolute atomic E-state index is 0.00427. The number of rotatable bonds is 6. The number of hydrogen-bond acceptors (Lipinski definition) is 6. The molecule has 112 valence electrons. The number of nitrogens with zero attached hydrogens (tertiary/aromatic N) is 3. The van der Waals surface area contributed by atoms with Crippen LogP contribution in [0.2, 0.25) is 0 Å². The molecular formula is C11H18N4O4S. The van der Waals surface area contributed by atoms with Crippen molar-refractivity contribution in [2.45, 2.75) is 44.0 Å². The molecule has 0 unspecified atom stereocenters. The topological polar surface area (TPSA) is 122 Å². The normalized spacial score (nSPS) is 16.9. The highest BCUT2D eigenvalue weighted by atomic mass is 32.2. The molecule has 1 aliphatic rings. The van der Waals surface area contributed by atoms with E-state index in [1.165, 1.54) is 4.31 Å². The molecule has 0 saturated heterocycles. The molecule has 9 heteroatoms. The zero-order valence-electron chi connectivity index (χ0n) is 11.4. The smallest absolute Gasteiger partial charge is 0.248 e. The third-order valence-corrected chi connectivity index (χ3v) is 5.40. The highest BCUT2D eigenvalue weighted by molar-refractivity contribution is 7.89. The Bertz CT molecular complexity index is 599. The summed E-state index contributed by atoms with van der Waals surface area (Å²) in [5.74, 6) is 0.279. The molecule has 2 rings (SSSR count). The Hall–Kier alpha value is -1.61. The molecule has 1 heterocycles. The number of nitrogens with two attached hydrogens (primary N) is 1. The molecule has 0 bridgehead atoms. The van der Waals surface area contributed by atoms with Crippen LogP contribution in [0.3, 0.4) is 0 Å². The van der Waals surface area contributed by atoms with Crippen LogP contribution in [0.15, 0.2) is 14.6 Å². The Morgan fingerprint density at radius 2 is 2.20 bits per heavy atom. The lowest BCUT2D eigenvalue weighted by Gasteiger charge is -2.21. The maximum absolute atomic E-state index is 12.7. The molecule has 1 aromatic rings. The van der Waals surface area contributed by atoms with Gasteiger partial charge in [0.25, 0.3) is 0 Å². The second-order valence-electron chi connectivity index (χ2n) is 4.84. The van der Waals surface area contributed by atoms with Gasteiger partial charge in [-0.2, -0.15) is 4.31 Å². The summed E-state index contributed by atoms with van der Waals surface area (Å²) in [5.41, 5.74) is 5.76. The van der Waals surface area contributed by atoms with Gasteiger partial charge in [0.05, 0.1) is 0 Å². The van der Waals surface area contributed by atoms with Crippen molar-refractivity contribution in [3.8, 4) is 0 Å². The average molecular weight is 302 g/mol. The Morgan fingerprint density at radius 3 is 2.65 bits per heavy atom. The summed E-state index contributed by atoms with van der Waals surface area (Å²) in [6.07, 6.45) is 1.81. The average Bonchev–Trinajstić information content (AvgIpc) is 3.14. The summed E-state index contributed by atoms with van der Waals surface area (Å²) in [7, 11) is -3.67. The molecule has 0 spiro atoms. The summed E-state index contributed by atoms with van der Waals surface area (Å²) in [6, 6.07) is -0.0276. The number of hydrogen-bond donors (Lipinski definition) is 2. The number of sulfonamides is 1. The van der Waals surface area contributed by atoms with Gasteiger partial charge in [0.2, 0.25) is 10.0 Å². The molecule has 1 aliphatic carbocycles. The fourth-order valence-electron chi connectivity index (χ4n) is 2.10. The first-order chi connectivity index (χ1) is 9.37. The van der Waals surface area contributed by atoms with Crippen molar-refractivity contribution in [1.29, 1.82) is 0 Å². The SMILES string of the molecule is Cc1noc(C)c1S(=O)(=O)N(CCC(N)=NO)C1CC1. The van der Waals surface area contributed by atoms with Crippen LogP contribution in [0.25, 0.3) is 0 Å². The maximum Gasteiger partial charge on any atom is 0.248 e. The molecule has 0 aliphatic heterocycles. The lowest BCUT2D eigenvalue weighted by molar-refractivity contribution is 0.315. The van der Waals surface area contributed by atoms with Crippen molar-refractivity contribution in [2.75, 3.05) is 6.54 Å². The van der Waals surface area contributed by atoms with Gasteiger partial charge in [-0.3, -0.25) is 0 Å². The van der Waals surface area contributed by atoms with Crippen LogP contribution in [-0.4, -0.2) is 41.5 Å². The van der Waals surface area contributed by atoms with Gasteiger partial charge in [0, 0.05) is 19.0 Å². The third-order valence-electron chi connectivity index (χ3n) is 3.21. The van der Waals surface area contributed by atoms with E-state index in [4.69, 9.17) is 15.5 Å². The molecule has 0 amide bonds. The molecule has 8 nitrogen and oxygen atoms in total. The lowest BCUT2D eigenvalue weighted by atomic mass is 10.4. The molecule has 0 radical (unpaired) electrons. The van der Waals surface area contributed by atoms with Gasteiger partial charge in [-0.1, -0.05) is 10.3 Å². The van der Waals surface area contributed by atoms with E-state index < -0.39 is 10.0 Å². The molecule has 1 saturated carbocycles. The van der Waals surface area contributed by atoms with Crippen molar-refractivity contribution < 1.29 is 18.1 Å². The van der Waals surface area contributed by atoms with Crippen LogP contribution < -0.4 is 5.73 Å². The van der Waals surface area contributed by atoms with Crippen LogP contribution in [0.1, 0.15) is 30.7 Å². The Labute approximate surface area is 117 Å². The van der Waals surface area contributed by atoms with E-state index in [9.17, 15) is 8.42 Å². The van der Waals surface area contributed by atoms with E-state index in [1.54, 1.807) is 13.8 Å². The summed E-state index contributed by atoms with van der Waals surface area (Å²) >= 11 is 0. The van der Waals surface area contributed by atoms with Crippen LogP contribution in [-0.2, 0) is 10.0 Å². The number of aryl methyl sites for hydroxylation is 2. The predicted octanol–water partition coefficient (Wildman–Crippen LogP) is 0.581. The van der Waals surface area contributed by atoms with E-state index in [-0.39, 0.29) is 35.5 Å². The number of amidine groups is 1. The maximum atomic E-state index is 12.7. The summed E-state index contributed by atoms with van der Waals surface area (Å²) in [4.78, 5) is 0.115. The number of aromatic nitrogens is 1. The Balaban J connectivity index is 2.29.